The Balaban J connectivity index is 2.34. The lowest BCUT2D eigenvalue weighted by molar-refractivity contribution is 1.14. The summed E-state index contributed by atoms with van der Waals surface area (Å²) in [6, 6.07) is 6.88. The first-order valence-corrected chi connectivity index (χ1v) is 6.55. The highest BCUT2D eigenvalue weighted by Crippen LogP contribution is 2.37. The summed E-state index contributed by atoms with van der Waals surface area (Å²) in [5, 5.41) is 2.36. The van der Waals surface area contributed by atoms with Crippen molar-refractivity contribution in [1.82, 2.24) is 4.98 Å². The van der Waals surface area contributed by atoms with Gasteiger partial charge in [0.05, 0.1) is 21.9 Å². The van der Waals surface area contributed by atoms with E-state index in [2.05, 4.69) is 4.98 Å². The van der Waals surface area contributed by atoms with Crippen molar-refractivity contribution >= 4 is 52.3 Å². The van der Waals surface area contributed by atoms with E-state index in [0.29, 0.717) is 25.8 Å². The fraction of sp³-hybridized carbons (Fsp3) is 0. The molecule has 0 spiro atoms. The zero-order chi connectivity index (χ0) is 12.4. The van der Waals surface area contributed by atoms with Gasteiger partial charge in [0, 0.05) is 9.92 Å². The number of nitrogens with two attached hydrogens (primary N) is 1. The quantitative estimate of drug-likeness (QED) is 0.868. The minimum absolute atomic E-state index is 0.492. The number of hydrogen-bond donors (Lipinski definition) is 1. The van der Waals surface area contributed by atoms with Gasteiger partial charge in [-0.2, -0.15) is 0 Å². The molecular formula is C11H7Cl3N2S. The SMILES string of the molecule is Nc1cnc(Sc2cc(Cl)ccc2Cl)c(Cl)c1. The molecule has 1 aromatic heterocycles. The van der Waals surface area contributed by atoms with Crippen LogP contribution in [0.3, 0.4) is 0 Å². The molecular weight excluding hydrogens is 299 g/mol. The molecule has 0 aliphatic rings. The number of rotatable bonds is 2. The molecule has 0 fully saturated rings. The Hall–Kier alpha value is -0.610. The summed E-state index contributed by atoms with van der Waals surface area (Å²) in [5.41, 5.74) is 6.10. The molecule has 0 aliphatic carbocycles. The number of pyridine rings is 1. The second kappa shape index (κ2) is 5.36. The highest BCUT2D eigenvalue weighted by Gasteiger charge is 2.08. The summed E-state index contributed by atoms with van der Waals surface area (Å²) < 4.78 is 0. The van der Waals surface area contributed by atoms with E-state index in [-0.39, 0.29) is 0 Å². The molecule has 0 amide bonds. The van der Waals surface area contributed by atoms with Crippen molar-refractivity contribution in [3.05, 3.63) is 45.5 Å². The van der Waals surface area contributed by atoms with Crippen LogP contribution in [0, 0.1) is 0 Å². The summed E-state index contributed by atoms with van der Waals surface area (Å²) in [5.74, 6) is 0. The van der Waals surface area contributed by atoms with Gasteiger partial charge in [-0.15, -0.1) is 0 Å². The smallest absolute Gasteiger partial charge is 0.120 e. The van der Waals surface area contributed by atoms with E-state index in [4.69, 9.17) is 40.5 Å². The molecule has 2 rings (SSSR count). The fourth-order valence-electron chi connectivity index (χ4n) is 1.17. The van der Waals surface area contributed by atoms with Crippen LogP contribution in [-0.2, 0) is 0 Å². The summed E-state index contributed by atoms with van der Waals surface area (Å²) in [4.78, 5) is 4.95. The van der Waals surface area contributed by atoms with Crippen molar-refractivity contribution in [3.8, 4) is 0 Å². The van der Waals surface area contributed by atoms with Crippen molar-refractivity contribution in [2.45, 2.75) is 9.92 Å². The van der Waals surface area contributed by atoms with Crippen LogP contribution in [-0.4, -0.2) is 4.98 Å². The van der Waals surface area contributed by atoms with E-state index >= 15 is 0 Å². The summed E-state index contributed by atoms with van der Waals surface area (Å²) in [6.07, 6.45) is 1.55. The van der Waals surface area contributed by atoms with Crippen LogP contribution in [0.15, 0.2) is 40.4 Å². The fourth-order valence-corrected chi connectivity index (χ4v) is 2.76. The molecule has 0 saturated heterocycles. The van der Waals surface area contributed by atoms with Crippen molar-refractivity contribution in [3.63, 3.8) is 0 Å². The van der Waals surface area contributed by atoms with Crippen LogP contribution in [0.25, 0.3) is 0 Å². The average Bonchev–Trinajstić information content (AvgIpc) is 2.27. The van der Waals surface area contributed by atoms with Gasteiger partial charge < -0.3 is 5.73 Å². The van der Waals surface area contributed by atoms with E-state index in [1.807, 2.05) is 0 Å². The van der Waals surface area contributed by atoms with E-state index in [9.17, 15) is 0 Å². The number of anilines is 1. The third-order valence-corrected chi connectivity index (χ3v) is 4.08. The van der Waals surface area contributed by atoms with Gasteiger partial charge in [0.25, 0.3) is 0 Å². The van der Waals surface area contributed by atoms with Crippen LogP contribution in [0.5, 0.6) is 0 Å². The molecule has 0 unspecified atom stereocenters. The van der Waals surface area contributed by atoms with Crippen LogP contribution < -0.4 is 5.73 Å². The number of halogens is 3. The molecule has 1 aromatic carbocycles. The maximum absolute atomic E-state index is 6.05. The van der Waals surface area contributed by atoms with Crippen LogP contribution >= 0.6 is 46.6 Å². The predicted molar refractivity (Wildman–Crippen MR) is 74.2 cm³/mol. The predicted octanol–water partition coefficient (Wildman–Crippen LogP) is 4.78. The van der Waals surface area contributed by atoms with Crippen LogP contribution in [0.2, 0.25) is 15.1 Å². The molecule has 1 heterocycles. The number of aromatic nitrogens is 1. The minimum atomic E-state index is 0.492. The number of hydrogen-bond acceptors (Lipinski definition) is 3. The number of benzene rings is 1. The normalized spacial score (nSPS) is 10.5. The van der Waals surface area contributed by atoms with Crippen molar-refractivity contribution < 1.29 is 0 Å². The summed E-state index contributed by atoms with van der Waals surface area (Å²) >= 11 is 19.3. The molecule has 0 radical (unpaired) electrons. The maximum atomic E-state index is 6.05. The zero-order valence-electron chi connectivity index (χ0n) is 8.45. The van der Waals surface area contributed by atoms with E-state index in [1.165, 1.54) is 11.8 Å². The highest BCUT2D eigenvalue weighted by atomic mass is 35.5. The lowest BCUT2D eigenvalue weighted by Gasteiger charge is -2.06. The monoisotopic (exact) mass is 304 g/mol. The molecule has 0 bridgehead atoms. The van der Waals surface area contributed by atoms with E-state index in [0.717, 1.165) is 4.90 Å². The summed E-state index contributed by atoms with van der Waals surface area (Å²) in [6.45, 7) is 0. The maximum Gasteiger partial charge on any atom is 0.120 e. The third-order valence-electron chi connectivity index (χ3n) is 1.93. The van der Waals surface area contributed by atoms with Gasteiger partial charge in [0.2, 0.25) is 0 Å². The van der Waals surface area contributed by atoms with Crippen molar-refractivity contribution in [1.29, 1.82) is 0 Å². The van der Waals surface area contributed by atoms with Gasteiger partial charge in [0.15, 0.2) is 0 Å². The molecule has 0 atom stereocenters. The van der Waals surface area contributed by atoms with Crippen molar-refractivity contribution in [2.75, 3.05) is 5.73 Å². The zero-order valence-corrected chi connectivity index (χ0v) is 11.5. The minimum Gasteiger partial charge on any atom is -0.397 e. The van der Waals surface area contributed by atoms with Gasteiger partial charge in [-0.05, 0) is 24.3 Å². The molecule has 2 aromatic rings. The van der Waals surface area contributed by atoms with Crippen LogP contribution in [0.4, 0.5) is 5.69 Å². The van der Waals surface area contributed by atoms with E-state index < -0.39 is 0 Å². The Kier molecular flexibility index (Phi) is 4.05. The Morgan fingerprint density at radius 3 is 2.53 bits per heavy atom. The second-order valence-corrected chi connectivity index (χ2v) is 5.51. The Labute approximate surface area is 118 Å². The van der Waals surface area contributed by atoms with Gasteiger partial charge >= 0.3 is 0 Å². The molecule has 17 heavy (non-hydrogen) atoms. The van der Waals surface area contributed by atoms with Gasteiger partial charge in [0.1, 0.15) is 5.03 Å². The Morgan fingerprint density at radius 1 is 1.06 bits per heavy atom. The molecule has 88 valence electrons. The Bertz CT molecular complexity index is 560. The lowest BCUT2D eigenvalue weighted by Crippen LogP contribution is -1.88. The third kappa shape index (κ3) is 3.19. The Morgan fingerprint density at radius 2 is 1.82 bits per heavy atom. The van der Waals surface area contributed by atoms with Gasteiger partial charge in [-0.3, -0.25) is 0 Å². The highest BCUT2D eigenvalue weighted by molar-refractivity contribution is 7.99. The lowest BCUT2D eigenvalue weighted by atomic mass is 10.4. The first-order chi connectivity index (χ1) is 8.06. The summed E-state index contributed by atoms with van der Waals surface area (Å²) in [7, 11) is 0. The van der Waals surface area contributed by atoms with Crippen LogP contribution in [0.1, 0.15) is 0 Å². The van der Waals surface area contributed by atoms with Gasteiger partial charge in [-0.25, -0.2) is 4.98 Å². The molecule has 0 aliphatic heterocycles. The first kappa shape index (κ1) is 12.8. The number of nitrogens with zero attached hydrogens (tertiary/aromatic N) is 1. The topological polar surface area (TPSA) is 38.9 Å². The molecule has 6 heteroatoms. The van der Waals surface area contributed by atoms with Gasteiger partial charge in [-0.1, -0.05) is 46.6 Å². The first-order valence-electron chi connectivity index (χ1n) is 4.60. The molecule has 0 saturated carbocycles. The largest absolute Gasteiger partial charge is 0.397 e. The standard InChI is InChI=1S/C11H7Cl3N2S/c12-6-1-2-8(13)10(3-6)17-11-9(14)4-7(15)5-16-11/h1-5H,15H2. The second-order valence-electron chi connectivity index (χ2n) is 3.23. The van der Waals surface area contributed by atoms with Crippen molar-refractivity contribution in [2.24, 2.45) is 0 Å². The molecule has 2 nitrogen and oxygen atoms in total. The number of nitrogen functional groups attached to an aromatic ring is 1. The van der Waals surface area contributed by atoms with E-state index in [1.54, 1.807) is 30.5 Å². The molecule has 2 N–H and O–H groups in total. The average molecular weight is 306 g/mol.